The van der Waals surface area contributed by atoms with Gasteiger partial charge < -0.3 is 10.2 Å². The number of aromatic nitrogens is 2. The molecule has 1 aromatic heterocycles. The van der Waals surface area contributed by atoms with E-state index in [0.717, 1.165) is 51.0 Å². The van der Waals surface area contributed by atoms with Gasteiger partial charge in [0.2, 0.25) is 5.91 Å². The van der Waals surface area contributed by atoms with E-state index < -0.39 is 0 Å². The van der Waals surface area contributed by atoms with Crippen molar-refractivity contribution < 1.29 is 9.59 Å². The molecule has 1 saturated carbocycles. The van der Waals surface area contributed by atoms with Gasteiger partial charge in [0.15, 0.2) is 5.69 Å². The Labute approximate surface area is 174 Å². The fourth-order valence-corrected chi connectivity index (χ4v) is 4.55. The molecule has 0 bridgehead atoms. The molecule has 162 valence electrons. The average molecular weight is 404 g/mol. The van der Waals surface area contributed by atoms with Gasteiger partial charge in [-0.3, -0.25) is 19.2 Å². The minimum atomic E-state index is -0.0485. The molecule has 1 fully saturated rings. The summed E-state index contributed by atoms with van der Waals surface area (Å²) in [6.45, 7) is 12.5. The molecule has 3 rings (SSSR count). The molecule has 2 aliphatic rings. The van der Waals surface area contributed by atoms with E-state index >= 15 is 0 Å². The highest BCUT2D eigenvalue weighted by Gasteiger charge is 2.30. The third-order valence-corrected chi connectivity index (χ3v) is 6.13. The maximum atomic E-state index is 13.0. The highest BCUT2D eigenvalue weighted by atomic mass is 16.2. The second-order valence-electron chi connectivity index (χ2n) is 8.83. The Bertz CT molecular complexity index is 717. The van der Waals surface area contributed by atoms with Crippen molar-refractivity contribution in [3.05, 3.63) is 17.0 Å². The van der Waals surface area contributed by atoms with Crippen LogP contribution in [0.25, 0.3) is 0 Å². The van der Waals surface area contributed by atoms with E-state index in [4.69, 9.17) is 5.10 Å². The van der Waals surface area contributed by atoms with Gasteiger partial charge >= 0.3 is 0 Å². The molecule has 2 heterocycles. The number of fused-ring (bicyclic) bond motifs is 1. The number of nitrogens with one attached hydrogen (secondary N) is 1. The molecule has 7 heteroatoms. The van der Waals surface area contributed by atoms with Crippen LogP contribution in [0.4, 0.5) is 0 Å². The van der Waals surface area contributed by atoms with Crippen molar-refractivity contribution in [3.63, 3.8) is 0 Å². The first-order valence-electron chi connectivity index (χ1n) is 11.3. The van der Waals surface area contributed by atoms with Crippen LogP contribution in [0.15, 0.2) is 0 Å². The summed E-state index contributed by atoms with van der Waals surface area (Å²) < 4.78 is 2.03. The van der Waals surface area contributed by atoms with Crippen LogP contribution in [-0.2, 0) is 24.3 Å². The van der Waals surface area contributed by atoms with Crippen LogP contribution in [-0.4, -0.2) is 63.6 Å². The molecule has 0 saturated heterocycles. The largest absolute Gasteiger partial charge is 0.348 e. The number of hydrogen-bond acceptors (Lipinski definition) is 4. The average Bonchev–Trinajstić information content (AvgIpc) is 3.30. The van der Waals surface area contributed by atoms with Gasteiger partial charge in [0.25, 0.3) is 5.91 Å². The van der Waals surface area contributed by atoms with Crippen LogP contribution in [0.3, 0.4) is 0 Å². The van der Waals surface area contributed by atoms with Gasteiger partial charge in [0.05, 0.1) is 6.54 Å². The van der Waals surface area contributed by atoms with Crippen molar-refractivity contribution in [1.29, 1.82) is 0 Å². The van der Waals surface area contributed by atoms with Crippen molar-refractivity contribution >= 4 is 11.8 Å². The van der Waals surface area contributed by atoms with Crippen LogP contribution in [0.2, 0.25) is 0 Å². The molecule has 2 amide bonds. The maximum Gasteiger partial charge on any atom is 0.272 e. The first kappa shape index (κ1) is 21.8. The summed E-state index contributed by atoms with van der Waals surface area (Å²) in [5, 5.41) is 7.93. The van der Waals surface area contributed by atoms with E-state index in [9.17, 15) is 9.59 Å². The second-order valence-corrected chi connectivity index (χ2v) is 8.83. The first-order chi connectivity index (χ1) is 13.9. The van der Waals surface area contributed by atoms with Crippen LogP contribution in [0, 0.1) is 5.92 Å². The summed E-state index contributed by atoms with van der Waals surface area (Å²) in [7, 11) is 0. The highest BCUT2D eigenvalue weighted by Crippen LogP contribution is 2.25. The predicted octanol–water partition coefficient (Wildman–Crippen LogP) is 2.44. The second kappa shape index (κ2) is 9.74. The molecular weight excluding hydrogens is 366 g/mol. The van der Waals surface area contributed by atoms with Gasteiger partial charge in [-0.15, -0.1) is 0 Å². The van der Waals surface area contributed by atoms with Crippen LogP contribution in [0.1, 0.15) is 75.1 Å². The smallest absolute Gasteiger partial charge is 0.272 e. The Morgan fingerprint density at radius 1 is 1.21 bits per heavy atom. The Hall–Kier alpha value is -1.89. The Morgan fingerprint density at radius 3 is 2.52 bits per heavy atom. The van der Waals surface area contributed by atoms with Crippen molar-refractivity contribution in [2.75, 3.05) is 26.2 Å². The normalized spacial score (nSPS) is 17.6. The lowest BCUT2D eigenvalue weighted by molar-refractivity contribution is -0.132. The molecule has 1 N–H and O–H groups in total. The zero-order valence-electron chi connectivity index (χ0n) is 18.5. The molecule has 1 aromatic rings. The first-order valence-corrected chi connectivity index (χ1v) is 11.3. The summed E-state index contributed by atoms with van der Waals surface area (Å²) in [6.07, 6.45) is 5.33. The number of rotatable bonds is 8. The van der Waals surface area contributed by atoms with Gasteiger partial charge in [-0.05, 0) is 32.6 Å². The zero-order chi connectivity index (χ0) is 21.0. The van der Waals surface area contributed by atoms with Crippen molar-refractivity contribution in [2.24, 2.45) is 5.92 Å². The fraction of sp³-hybridized carbons (Fsp3) is 0.773. The van der Waals surface area contributed by atoms with E-state index in [1.807, 2.05) is 23.4 Å². The summed E-state index contributed by atoms with van der Waals surface area (Å²) in [4.78, 5) is 29.6. The number of hydrogen-bond donors (Lipinski definition) is 1. The molecule has 0 atom stereocenters. The summed E-state index contributed by atoms with van der Waals surface area (Å²) >= 11 is 0. The maximum absolute atomic E-state index is 13.0. The van der Waals surface area contributed by atoms with Gasteiger partial charge in [-0.2, -0.15) is 5.10 Å². The fourth-order valence-electron chi connectivity index (χ4n) is 4.55. The van der Waals surface area contributed by atoms with Gasteiger partial charge in [-0.1, -0.05) is 26.7 Å². The minimum Gasteiger partial charge on any atom is -0.348 e. The lowest BCUT2D eigenvalue weighted by Crippen LogP contribution is -2.42. The number of likely N-dealkylation sites (N-methyl/N-ethyl adjacent to an activating group) is 1. The van der Waals surface area contributed by atoms with E-state index in [1.165, 1.54) is 18.5 Å². The van der Waals surface area contributed by atoms with E-state index in [-0.39, 0.29) is 17.9 Å². The molecule has 0 aromatic carbocycles. The SMILES string of the molecule is CCN(CC)C(=O)CN1CCc2c(c(C(=O)NC3CCCC3)nn2CC(C)C)C1. The van der Waals surface area contributed by atoms with E-state index in [2.05, 4.69) is 24.1 Å². The molecule has 29 heavy (non-hydrogen) atoms. The quantitative estimate of drug-likeness (QED) is 0.724. The molecule has 7 nitrogen and oxygen atoms in total. The van der Waals surface area contributed by atoms with E-state index in [0.29, 0.717) is 24.7 Å². The molecule has 1 aliphatic carbocycles. The predicted molar refractivity (Wildman–Crippen MR) is 114 cm³/mol. The summed E-state index contributed by atoms with van der Waals surface area (Å²) in [6, 6.07) is 0.275. The third kappa shape index (κ3) is 5.18. The topological polar surface area (TPSA) is 70.5 Å². The van der Waals surface area contributed by atoms with Crippen LogP contribution >= 0.6 is 0 Å². The highest BCUT2D eigenvalue weighted by molar-refractivity contribution is 5.94. The molecule has 0 unspecified atom stereocenters. The van der Waals surface area contributed by atoms with Gasteiger partial charge in [-0.25, -0.2) is 0 Å². The van der Waals surface area contributed by atoms with E-state index in [1.54, 1.807) is 0 Å². The number of nitrogens with zero attached hydrogens (tertiary/aromatic N) is 4. The molecule has 0 radical (unpaired) electrons. The monoisotopic (exact) mass is 403 g/mol. The summed E-state index contributed by atoms with van der Waals surface area (Å²) in [5.74, 6) is 0.574. The minimum absolute atomic E-state index is 0.0485. The van der Waals surface area contributed by atoms with Crippen molar-refractivity contribution in [2.45, 2.75) is 78.9 Å². The van der Waals surface area contributed by atoms with Crippen molar-refractivity contribution in [1.82, 2.24) is 24.9 Å². The molecular formula is C22H37N5O2. The Kier molecular flexibility index (Phi) is 7.33. The Morgan fingerprint density at radius 2 is 1.90 bits per heavy atom. The third-order valence-electron chi connectivity index (χ3n) is 6.13. The summed E-state index contributed by atoms with van der Waals surface area (Å²) in [5.41, 5.74) is 2.74. The number of amides is 2. The van der Waals surface area contributed by atoms with Crippen molar-refractivity contribution in [3.8, 4) is 0 Å². The molecule has 1 aliphatic heterocycles. The molecule has 0 spiro atoms. The Balaban J connectivity index is 1.78. The van der Waals surface area contributed by atoms with Gasteiger partial charge in [0.1, 0.15) is 0 Å². The van der Waals surface area contributed by atoms with Gasteiger partial charge in [0, 0.05) is 56.4 Å². The number of carbonyl (C=O) groups is 2. The lowest BCUT2D eigenvalue weighted by atomic mass is 10.0. The van der Waals surface area contributed by atoms with Crippen LogP contribution in [0.5, 0.6) is 0 Å². The number of carbonyl (C=O) groups excluding carboxylic acids is 2. The lowest BCUT2D eigenvalue weighted by Gasteiger charge is -2.29. The zero-order valence-corrected chi connectivity index (χ0v) is 18.5. The standard InChI is InChI=1S/C22H37N5O2/c1-5-26(6-2)20(28)15-25-12-11-19-18(14-25)21(24-27(19)13-16(3)4)22(29)23-17-9-7-8-10-17/h16-17H,5-15H2,1-4H3,(H,23,29). The van der Waals surface area contributed by atoms with Crippen LogP contribution < -0.4 is 5.32 Å².